The highest BCUT2D eigenvalue weighted by Gasteiger charge is 2.24. The molecule has 0 unspecified atom stereocenters. The second kappa shape index (κ2) is 10.1. The van der Waals surface area contributed by atoms with Gasteiger partial charge >= 0.3 is 0 Å². The van der Waals surface area contributed by atoms with Crippen LogP contribution in [0, 0.1) is 17.6 Å². The van der Waals surface area contributed by atoms with Crippen LogP contribution in [0.4, 0.5) is 8.78 Å². The number of carbonyl (C=O) groups excluding carboxylic acids is 1. The van der Waals surface area contributed by atoms with Gasteiger partial charge in [-0.25, -0.2) is 8.78 Å². The number of hydrogen-bond donors (Lipinski definition) is 3. The van der Waals surface area contributed by atoms with Crippen molar-refractivity contribution in [2.24, 2.45) is 5.92 Å². The first-order chi connectivity index (χ1) is 18.1. The van der Waals surface area contributed by atoms with Gasteiger partial charge in [-0.2, -0.15) is 5.10 Å². The van der Waals surface area contributed by atoms with Gasteiger partial charge in [0, 0.05) is 47.2 Å². The van der Waals surface area contributed by atoms with E-state index in [2.05, 4.69) is 16.5 Å². The van der Waals surface area contributed by atoms with Crippen molar-refractivity contribution in [3.05, 3.63) is 77.8 Å². The molecule has 1 aliphatic carbocycles. The summed E-state index contributed by atoms with van der Waals surface area (Å²) < 4.78 is 29.1. The van der Waals surface area contributed by atoms with Gasteiger partial charge < -0.3 is 15.5 Å². The zero-order chi connectivity index (χ0) is 27.0. The monoisotopic (exact) mass is 520 g/mol. The summed E-state index contributed by atoms with van der Waals surface area (Å²) >= 11 is 0. The number of pyridine rings is 1. The summed E-state index contributed by atoms with van der Waals surface area (Å²) in [4.78, 5) is 16.6. The first-order valence-corrected chi connectivity index (χ1v) is 12.7. The van der Waals surface area contributed by atoms with Gasteiger partial charge in [-0.05, 0) is 75.3 Å². The molecule has 2 aromatic carbocycles. The average Bonchev–Trinajstić information content (AvgIpc) is 3.33. The number of aliphatic hydroxyl groups is 1. The first-order valence-electron chi connectivity index (χ1n) is 12.7. The summed E-state index contributed by atoms with van der Waals surface area (Å²) in [7, 11) is 0. The Labute approximate surface area is 219 Å². The van der Waals surface area contributed by atoms with E-state index < -0.39 is 28.9 Å². The van der Waals surface area contributed by atoms with Crippen LogP contribution in [0.1, 0.15) is 61.5 Å². The zero-order valence-corrected chi connectivity index (χ0v) is 21.3. The van der Waals surface area contributed by atoms with Crippen LogP contribution in [0.5, 0.6) is 5.75 Å². The van der Waals surface area contributed by atoms with Crippen molar-refractivity contribution in [3.8, 4) is 16.9 Å². The predicted octanol–water partition coefficient (Wildman–Crippen LogP) is 5.47. The van der Waals surface area contributed by atoms with Crippen molar-refractivity contribution in [3.63, 3.8) is 0 Å². The molecule has 198 valence electrons. The number of nitrogens with one attached hydrogen (secondary N) is 1. The molecule has 0 bridgehead atoms. The van der Waals surface area contributed by atoms with Gasteiger partial charge in [0.25, 0.3) is 5.91 Å². The molecule has 0 saturated heterocycles. The lowest BCUT2D eigenvalue weighted by molar-refractivity contribution is 0.0782. The molecule has 2 aromatic heterocycles. The van der Waals surface area contributed by atoms with Crippen molar-refractivity contribution in [1.29, 1.82) is 0 Å². The van der Waals surface area contributed by atoms with E-state index in [4.69, 9.17) is 5.10 Å². The molecule has 1 saturated carbocycles. The Morgan fingerprint density at radius 3 is 2.45 bits per heavy atom. The summed E-state index contributed by atoms with van der Waals surface area (Å²) in [6, 6.07) is 9.97. The third-order valence-electron chi connectivity index (χ3n) is 7.32. The minimum atomic E-state index is -1.16. The Morgan fingerprint density at radius 1 is 1.05 bits per heavy atom. The van der Waals surface area contributed by atoms with Crippen molar-refractivity contribution in [2.45, 2.75) is 51.2 Å². The quantitative estimate of drug-likeness (QED) is 0.313. The fourth-order valence-corrected chi connectivity index (χ4v) is 4.98. The SMILES string of the molecule is CC(C)(O)c1cncc(-c2ccc3cn([C@H]4CC[C@H](CNC(=O)c5cc(F)c(O)c(F)c5)CC4)nc3c2)c1. The van der Waals surface area contributed by atoms with Crippen molar-refractivity contribution >= 4 is 16.8 Å². The molecule has 0 spiro atoms. The molecule has 4 aromatic rings. The largest absolute Gasteiger partial charge is 0.503 e. The first kappa shape index (κ1) is 25.8. The lowest BCUT2D eigenvalue weighted by atomic mass is 9.86. The van der Waals surface area contributed by atoms with Gasteiger partial charge in [-0.1, -0.05) is 12.1 Å². The van der Waals surface area contributed by atoms with Gasteiger partial charge in [0.1, 0.15) is 0 Å². The Morgan fingerprint density at radius 2 is 1.76 bits per heavy atom. The van der Waals surface area contributed by atoms with E-state index in [9.17, 15) is 23.8 Å². The van der Waals surface area contributed by atoms with E-state index >= 15 is 0 Å². The van der Waals surface area contributed by atoms with E-state index in [1.807, 2.05) is 28.9 Å². The summed E-state index contributed by atoms with van der Waals surface area (Å²) in [5.41, 5.74) is 2.40. The Kier molecular flexibility index (Phi) is 6.88. The predicted molar refractivity (Wildman–Crippen MR) is 140 cm³/mol. The van der Waals surface area contributed by atoms with Crippen LogP contribution in [-0.2, 0) is 5.60 Å². The molecule has 7 nitrogen and oxygen atoms in total. The number of fused-ring (bicyclic) bond motifs is 1. The van der Waals surface area contributed by atoms with E-state index in [-0.39, 0.29) is 17.5 Å². The van der Waals surface area contributed by atoms with Crippen molar-refractivity contribution in [1.82, 2.24) is 20.1 Å². The molecule has 1 fully saturated rings. The highest BCUT2D eigenvalue weighted by molar-refractivity contribution is 5.94. The zero-order valence-electron chi connectivity index (χ0n) is 21.3. The number of phenolic OH excluding ortho intramolecular Hbond substituents is 1. The Balaban J connectivity index is 1.21. The molecule has 5 rings (SSSR count). The molecule has 0 radical (unpaired) electrons. The van der Waals surface area contributed by atoms with Gasteiger partial charge in [0.2, 0.25) is 0 Å². The minimum absolute atomic E-state index is 0.156. The number of nitrogens with zero attached hydrogens (tertiary/aromatic N) is 3. The smallest absolute Gasteiger partial charge is 0.251 e. The van der Waals surface area contributed by atoms with Crippen LogP contribution in [0.3, 0.4) is 0 Å². The molecule has 38 heavy (non-hydrogen) atoms. The molecule has 0 atom stereocenters. The van der Waals surface area contributed by atoms with E-state index in [0.717, 1.165) is 65.4 Å². The third kappa shape index (κ3) is 5.38. The lowest BCUT2D eigenvalue weighted by Crippen LogP contribution is -2.31. The van der Waals surface area contributed by atoms with Crippen LogP contribution < -0.4 is 5.32 Å². The number of rotatable bonds is 6. The number of halogens is 2. The van der Waals surface area contributed by atoms with Crippen molar-refractivity contribution < 1.29 is 23.8 Å². The van der Waals surface area contributed by atoms with Gasteiger partial charge in [-0.3, -0.25) is 14.5 Å². The number of phenols is 1. The highest BCUT2D eigenvalue weighted by atomic mass is 19.1. The molecule has 3 N–H and O–H groups in total. The lowest BCUT2D eigenvalue weighted by Gasteiger charge is -2.28. The standard InChI is InChI=1S/C29H30F2N4O3/c1-29(2,38)22-9-21(14-32-15-22)18-5-6-19-16-35(34-26(19)12-18)23-7-3-17(4-8-23)13-33-28(37)20-10-24(30)27(36)25(31)11-20/h5-6,9-12,14-17,23,36,38H,3-4,7-8,13H2,1-2H3,(H,33,37)/t17-,23-. The molecule has 1 amide bonds. The Hall–Kier alpha value is -3.85. The second-order valence-electron chi connectivity index (χ2n) is 10.6. The Bertz CT molecular complexity index is 1460. The minimum Gasteiger partial charge on any atom is -0.503 e. The van der Waals surface area contributed by atoms with Crippen LogP contribution in [0.2, 0.25) is 0 Å². The maximum Gasteiger partial charge on any atom is 0.251 e. The fraction of sp³-hybridized carbons (Fsp3) is 0.345. The van der Waals surface area contributed by atoms with Crippen LogP contribution in [-0.4, -0.2) is 37.4 Å². The number of aromatic nitrogens is 3. The van der Waals surface area contributed by atoms with Crippen molar-refractivity contribution in [2.75, 3.05) is 6.54 Å². The molecular weight excluding hydrogens is 490 g/mol. The maximum atomic E-state index is 13.6. The van der Waals surface area contributed by atoms with Crippen LogP contribution in [0.15, 0.2) is 55.0 Å². The molecule has 1 aliphatic rings. The van der Waals surface area contributed by atoms with E-state index in [0.29, 0.717) is 6.54 Å². The van der Waals surface area contributed by atoms with E-state index in [1.165, 1.54) is 0 Å². The van der Waals surface area contributed by atoms with E-state index in [1.54, 1.807) is 26.2 Å². The van der Waals surface area contributed by atoms with Crippen LogP contribution in [0.25, 0.3) is 22.0 Å². The summed E-state index contributed by atoms with van der Waals surface area (Å²) in [5.74, 6) is -3.71. The molecule has 0 aliphatic heterocycles. The normalized spacial score (nSPS) is 18.0. The third-order valence-corrected chi connectivity index (χ3v) is 7.32. The highest BCUT2D eigenvalue weighted by Crippen LogP contribution is 2.33. The number of carbonyl (C=O) groups is 1. The second-order valence-corrected chi connectivity index (χ2v) is 10.6. The molecule has 9 heteroatoms. The van der Waals surface area contributed by atoms with Gasteiger partial charge in [-0.15, -0.1) is 0 Å². The average molecular weight is 521 g/mol. The number of hydrogen-bond acceptors (Lipinski definition) is 5. The summed E-state index contributed by atoms with van der Waals surface area (Å²) in [5, 5.41) is 28.2. The molecular formula is C29H30F2N4O3. The fourth-order valence-electron chi connectivity index (χ4n) is 4.98. The number of amides is 1. The number of benzene rings is 2. The maximum absolute atomic E-state index is 13.6. The van der Waals surface area contributed by atoms with Crippen LogP contribution >= 0.6 is 0 Å². The molecule has 2 heterocycles. The summed E-state index contributed by atoms with van der Waals surface area (Å²) in [6.45, 7) is 3.89. The van der Waals surface area contributed by atoms with Gasteiger partial charge in [0.15, 0.2) is 17.4 Å². The topological polar surface area (TPSA) is 100 Å². The number of aromatic hydroxyl groups is 1. The van der Waals surface area contributed by atoms with Gasteiger partial charge in [0.05, 0.1) is 17.2 Å². The summed E-state index contributed by atoms with van der Waals surface area (Å²) in [6.07, 6.45) is 9.10.